The molecule has 6 nitrogen and oxygen atoms in total. The normalized spacial score (nSPS) is 26.7. The third-order valence-electron chi connectivity index (χ3n) is 3.81. The smallest absolute Gasteiger partial charge is 0.251 e. The predicted octanol–water partition coefficient (Wildman–Crippen LogP) is -0.101. The average molecular weight is 311 g/mol. The molecule has 1 aromatic carbocycles. The molecule has 0 aromatic heterocycles. The number of hydrogen-bond donors (Lipinski definition) is 2. The zero-order valence-corrected chi connectivity index (χ0v) is 12.2. The SMILES string of the molecule is O=C(N[C@@H]1CS(=O)(=O)C[C@H]1O)c1ccc2c(c1)CCCO2. The highest BCUT2D eigenvalue weighted by Crippen LogP contribution is 2.25. The molecule has 114 valence electrons. The van der Waals surface area contributed by atoms with E-state index in [0.717, 1.165) is 24.2 Å². The molecule has 21 heavy (non-hydrogen) atoms. The maximum atomic E-state index is 12.2. The fraction of sp³-hybridized carbons (Fsp3) is 0.500. The molecule has 0 bridgehead atoms. The first-order valence-electron chi connectivity index (χ1n) is 6.90. The van der Waals surface area contributed by atoms with Crippen LogP contribution in [0.25, 0.3) is 0 Å². The molecular formula is C14H17NO5S. The monoisotopic (exact) mass is 311 g/mol. The number of fused-ring (bicyclic) bond motifs is 1. The van der Waals surface area contributed by atoms with E-state index in [9.17, 15) is 18.3 Å². The highest BCUT2D eigenvalue weighted by molar-refractivity contribution is 7.91. The standard InChI is InChI=1S/C14H17NO5S/c16-12-8-21(18,19)7-11(12)15-14(17)10-3-4-13-9(6-10)2-1-5-20-13/h3-4,6,11-12,16H,1-2,5,7-8H2,(H,15,17)/t11-,12-/m1/s1. The van der Waals surface area contributed by atoms with Crippen molar-refractivity contribution in [3.05, 3.63) is 29.3 Å². The molecule has 2 heterocycles. The van der Waals surface area contributed by atoms with Crippen LogP contribution < -0.4 is 10.1 Å². The molecule has 1 amide bonds. The van der Waals surface area contributed by atoms with Crippen molar-refractivity contribution >= 4 is 15.7 Å². The van der Waals surface area contributed by atoms with Crippen LogP contribution in [0.3, 0.4) is 0 Å². The summed E-state index contributed by atoms with van der Waals surface area (Å²) in [7, 11) is -3.27. The lowest BCUT2D eigenvalue weighted by Crippen LogP contribution is -2.42. The van der Waals surface area contributed by atoms with E-state index in [1.165, 1.54) is 0 Å². The number of ether oxygens (including phenoxy) is 1. The first-order valence-corrected chi connectivity index (χ1v) is 8.72. The van der Waals surface area contributed by atoms with E-state index < -0.39 is 22.0 Å². The van der Waals surface area contributed by atoms with Gasteiger partial charge < -0.3 is 15.2 Å². The Morgan fingerprint density at radius 1 is 1.33 bits per heavy atom. The summed E-state index contributed by atoms with van der Waals surface area (Å²) in [6.07, 6.45) is 0.731. The van der Waals surface area contributed by atoms with Gasteiger partial charge in [-0.3, -0.25) is 4.79 Å². The summed E-state index contributed by atoms with van der Waals surface area (Å²) in [5, 5.41) is 12.3. The van der Waals surface area contributed by atoms with Crippen LogP contribution in [0, 0.1) is 0 Å². The molecule has 2 atom stereocenters. The van der Waals surface area contributed by atoms with Gasteiger partial charge in [-0.2, -0.15) is 0 Å². The average Bonchev–Trinajstić information content (AvgIpc) is 2.70. The minimum Gasteiger partial charge on any atom is -0.493 e. The summed E-state index contributed by atoms with van der Waals surface area (Å²) in [5.74, 6) is -0.0879. The number of aliphatic hydroxyl groups is 1. The van der Waals surface area contributed by atoms with Crippen molar-refractivity contribution in [2.45, 2.75) is 25.0 Å². The van der Waals surface area contributed by atoms with E-state index in [2.05, 4.69) is 5.32 Å². The molecule has 7 heteroatoms. The van der Waals surface area contributed by atoms with Crippen molar-refractivity contribution in [3.8, 4) is 5.75 Å². The zero-order chi connectivity index (χ0) is 15.0. The predicted molar refractivity (Wildman–Crippen MR) is 76.2 cm³/mol. The van der Waals surface area contributed by atoms with Gasteiger partial charge in [0.1, 0.15) is 5.75 Å². The van der Waals surface area contributed by atoms with Gasteiger partial charge in [0.15, 0.2) is 9.84 Å². The molecular weight excluding hydrogens is 294 g/mol. The van der Waals surface area contributed by atoms with Crippen LogP contribution in [0.4, 0.5) is 0 Å². The van der Waals surface area contributed by atoms with E-state index >= 15 is 0 Å². The summed E-state index contributed by atoms with van der Waals surface area (Å²) in [6, 6.07) is 4.43. The highest BCUT2D eigenvalue weighted by Gasteiger charge is 2.37. The second-order valence-corrected chi connectivity index (χ2v) is 7.65. The third-order valence-corrected chi connectivity index (χ3v) is 5.53. The lowest BCUT2D eigenvalue weighted by Gasteiger charge is -2.19. The van der Waals surface area contributed by atoms with Crippen LogP contribution in [0.2, 0.25) is 0 Å². The number of carbonyl (C=O) groups is 1. The molecule has 0 spiro atoms. The number of sulfone groups is 1. The Morgan fingerprint density at radius 2 is 2.14 bits per heavy atom. The minimum absolute atomic E-state index is 0.214. The van der Waals surface area contributed by atoms with Gasteiger partial charge in [0, 0.05) is 5.56 Å². The zero-order valence-electron chi connectivity index (χ0n) is 11.4. The lowest BCUT2D eigenvalue weighted by molar-refractivity contribution is 0.0888. The van der Waals surface area contributed by atoms with Gasteiger partial charge in [-0.15, -0.1) is 0 Å². The maximum absolute atomic E-state index is 12.2. The molecule has 2 aliphatic heterocycles. The summed E-state index contributed by atoms with van der Waals surface area (Å²) in [4.78, 5) is 12.2. The topological polar surface area (TPSA) is 92.7 Å². The van der Waals surface area contributed by atoms with Crippen LogP contribution >= 0.6 is 0 Å². The largest absolute Gasteiger partial charge is 0.493 e. The summed E-state index contributed by atoms with van der Waals surface area (Å²) < 4.78 is 28.4. The Bertz CT molecular complexity index is 670. The van der Waals surface area contributed by atoms with Crippen LogP contribution in [0.5, 0.6) is 5.75 Å². The third kappa shape index (κ3) is 3.03. The van der Waals surface area contributed by atoms with Gasteiger partial charge in [0.2, 0.25) is 0 Å². The molecule has 2 aliphatic rings. The summed E-state index contributed by atoms with van der Waals surface area (Å²) >= 11 is 0. The number of rotatable bonds is 2. The lowest BCUT2D eigenvalue weighted by atomic mass is 10.0. The first kappa shape index (κ1) is 14.3. The van der Waals surface area contributed by atoms with Crippen molar-refractivity contribution in [1.29, 1.82) is 0 Å². The second-order valence-electron chi connectivity index (χ2n) is 5.50. The number of benzene rings is 1. The molecule has 0 radical (unpaired) electrons. The Hall–Kier alpha value is -1.60. The van der Waals surface area contributed by atoms with E-state index in [1.807, 2.05) is 0 Å². The van der Waals surface area contributed by atoms with E-state index in [0.29, 0.717) is 12.2 Å². The molecule has 1 fully saturated rings. The van der Waals surface area contributed by atoms with Gasteiger partial charge in [0.25, 0.3) is 5.91 Å². The summed E-state index contributed by atoms with van der Waals surface area (Å²) in [5.41, 5.74) is 1.43. The van der Waals surface area contributed by atoms with Gasteiger partial charge in [0.05, 0.1) is 30.3 Å². The van der Waals surface area contributed by atoms with Gasteiger partial charge in [-0.05, 0) is 36.6 Å². The molecule has 1 aromatic rings. The van der Waals surface area contributed by atoms with Crippen molar-refractivity contribution in [2.24, 2.45) is 0 Å². The molecule has 0 aliphatic carbocycles. The Labute approximate surface area is 123 Å². The van der Waals surface area contributed by atoms with Crippen LogP contribution in [0.1, 0.15) is 22.3 Å². The molecule has 3 rings (SSSR count). The van der Waals surface area contributed by atoms with Crippen LogP contribution in [0.15, 0.2) is 18.2 Å². The first-order chi connectivity index (χ1) is 9.94. The number of carbonyl (C=O) groups excluding carboxylic acids is 1. The number of amides is 1. The Morgan fingerprint density at radius 3 is 2.86 bits per heavy atom. The summed E-state index contributed by atoms with van der Waals surface area (Å²) in [6.45, 7) is 0.685. The van der Waals surface area contributed by atoms with Crippen molar-refractivity contribution in [2.75, 3.05) is 18.1 Å². The maximum Gasteiger partial charge on any atom is 0.251 e. The van der Waals surface area contributed by atoms with E-state index in [-0.39, 0.29) is 17.4 Å². The molecule has 0 saturated carbocycles. The fourth-order valence-electron chi connectivity index (χ4n) is 2.72. The van der Waals surface area contributed by atoms with Crippen LogP contribution in [-0.2, 0) is 16.3 Å². The number of aryl methyl sites for hydroxylation is 1. The van der Waals surface area contributed by atoms with Gasteiger partial charge in [-0.25, -0.2) is 8.42 Å². The van der Waals surface area contributed by atoms with Gasteiger partial charge in [-0.1, -0.05) is 0 Å². The van der Waals surface area contributed by atoms with Gasteiger partial charge >= 0.3 is 0 Å². The number of nitrogens with one attached hydrogen (secondary N) is 1. The second kappa shape index (κ2) is 5.31. The van der Waals surface area contributed by atoms with Crippen molar-refractivity contribution in [1.82, 2.24) is 5.32 Å². The van der Waals surface area contributed by atoms with Crippen molar-refractivity contribution in [3.63, 3.8) is 0 Å². The van der Waals surface area contributed by atoms with E-state index in [4.69, 9.17) is 4.74 Å². The number of hydrogen-bond acceptors (Lipinski definition) is 5. The van der Waals surface area contributed by atoms with Crippen LogP contribution in [-0.4, -0.2) is 49.7 Å². The molecule has 0 unspecified atom stereocenters. The molecule has 1 saturated heterocycles. The highest BCUT2D eigenvalue weighted by atomic mass is 32.2. The van der Waals surface area contributed by atoms with E-state index in [1.54, 1.807) is 18.2 Å². The number of aliphatic hydroxyl groups excluding tert-OH is 1. The minimum atomic E-state index is -3.27. The quantitative estimate of drug-likeness (QED) is 0.795. The Balaban J connectivity index is 1.74. The van der Waals surface area contributed by atoms with Crippen molar-refractivity contribution < 1.29 is 23.1 Å². The molecule has 2 N–H and O–H groups in total. The Kier molecular flexibility index (Phi) is 3.62. The fourth-order valence-corrected chi connectivity index (χ4v) is 4.46.